The Morgan fingerprint density at radius 2 is 2.04 bits per heavy atom. The molecule has 0 saturated heterocycles. The maximum atomic E-state index is 12.1. The first-order valence-corrected chi connectivity index (χ1v) is 8.72. The van der Waals surface area contributed by atoms with E-state index in [-0.39, 0.29) is 18.4 Å². The third-order valence-corrected chi connectivity index (χ3v) is 4.20. The normalized spacial score (nSPS) is 10.8. The van der Waals surface area contributed by atoms with Gasteiger partial charge in [-0.15, -0.1) is 0 Å². The van der Waals surface area contributed by atoms with Gasteiger partial charge in [-0.25, -0.2) is 0 Å². The molecule has 150 valence electrons. The van der Waals surface area contributed by atoms with E-state index in [1.54, 1.807) is 32.4 Å². The number of amides is 2. The second kappa shape index (κ2) is 9.59. The average molecular weight is 387 g/mol. The summed E-state index contributed by atoms with van der Waals surface area (Å²) in [5.74, 6) is 1.32. The van der Waals surface area contributed by atoms with Crippen LogP contribution in [0.15, 0.2) is 28.8 Å². The van der Waals surface area contributed by atoms with Crippen molar-refractivity contribution in [2.24, 2.45) is 0 Å². The van der Waals surface area contributed by atoms with Crippen LogP contribution in [0.5, 0.6) is 11.5 Å². The monoisotopic (exact) mass is 387 g/mol. The summed E-state index contributed by atoms with van der Waals surface area (Å²) >= 11 is 0. The van der Waals surface area contributed by atoms with Crippen LogP contribution in [0.2, 0.25) is 0 Å². The lowest BCUT2D eigenvalue weighted by Gasteiger charge is -2.13. The van der Waals surface area contributed by atoms with Gasteiger partial charge in [0.1, 0.15) is 12.4 Å². The zero-order valence-electron chi connectivity index (χ0n) is 16.7. The van der Waals surface area contributed by atoms with Gasteiger partial charge in [0.25, 0.3) is 0 Å². The Morgan fingerprint density at radius 1 is 1.29 bits per heavy atom. The van der Waals surface area contributed by atoms with Crippen molar-refractivity contribution >= 4 is 17.9 Å². The number of nitrogens with zero attached hydrogens (tertiary/aromatic N) is 2. The van der Waals surface area contributed by atoms with E-state index in [9.17, 15) is 9.59 Å². The van der Waals surface area contributed by atoms with Gasteiger partial charge < -0.3 is 24.2 Å². The molecule has 1 N–H and O–H groups in total. The van der Waals surface area contributed by atoms with E-state index in [0.29, 0.717) is 18.1 Å². The van der Waals surface area contributed by atoms with E-state index in [4.69, 9.17) is 14.0 Å². The van der Waals surface area contributed by atoms with Crippen LogP contribution in [0.1, 0.15) is 22.6 Å². The van der Waals surface area contributed by atoms with Gasteiger partial charge in [0.05, 0.1) is 24.9 Å². The number of rotatable bonds is 8. The molecule has 1 aromatic heterocycles. The Labute approximate surface area is 164 Å². The molecule has 8 nitrogen and oxygen atoms in total. The molecular formula is C20H25N3O5. The van der Waals surface area contributed by atoms with Crippen molar-refractivity contribution in [1.29, 1.82) is 0 Å². The van der Waals surface area contributed by atoms with Crippen LogP contribution in [-0.2, 0) is 16.2 Å². The first-order chi connectivity index (χ1) is 13.3. The highest BCUT2D eigenvalue weighted by Crippen LogP contribution is 2.30. The van der Waals surface area contributed by atoms with Crippen LogP contribution < -0.4 is 14.8 Å². The molecule has 0 unspecified atom stereocenters. The second-order valence-electron chi connectivity index (χ2n) is 6.20. The summed E-state index contributed by atoms with van der Waals surface area (Å²) < 4.78 is 16.4. The highest BCUT2D eigenvalue weighted by atomic mass is 16.5. The van der Waals surface area contributed by atoms with Crippen LogP contribution in [0.3, 0.4) is 0 Å². The van der Waals surface area contributed by atoms with Crippen LogP contribution in [0.4, 0.5) is 0 Å². The molecule has 0 aliphatic heterocycles. The first kappa shape index (κ1) is 21.0. The second-order valence-corrected chi connectivity index (χ2v) is 6.20. The molecule has 1 aromatic carbocycles. The number of carbonyl (C=O) groups excluding carboxylic acids is 2. The summed E-state index contributed by atoms with van der Waals surface area (Å²) in [4.78, 5) is 24.7. The Kier molecular flexibility index (Phi) is 7.20. The van der Waals surface area contributed by atoms with Gasteiger partial charge in [0.15, 0.2) is 11.5 Å². The third kappa shape index (κ3) is 5.35. The molecular weight excluding hydrogens is 362 g/mol. The van der Waals surface area contributed by atoms with Gasteiger partial charge in [-0.1, -0.05) is 11.2 Å². The highest BCUT2D eigenvalue weighted by Gasteiger charge is 2.12. The number of carbonyl (C=O) groups is 2. The van der Waals surface area contributed by atoms with Crippen molar-refractivity contribution in [2.45, 2.75) is 20.5 Å². The quantitative estimate of drug-likeness (QED) is 0.697. The maximum Gasteiger partial charge on any atom is 0.246 e. The Morgan fingerprint density at radius 3 is 2.64 bits per heavy atom. The summed E-state index contributed by atoms with van der Waals surface area (Å²) in [5, 5.41) is 6.38. The molecule has 0 fully saturated rings. The topological polar surface area (TPSA) is 93.9 Å². The lowest BCUT2D eigenvalue weighted by Crippen LogP contribution is -2.35. The summed E-state index contributed by atoms with van der Waals surface area (Å²) in [6.45, 7) is 4.01. The van der Waals surface area contributed by atoms with Gasteiger partial charge in [-0.05, 0) is 37.6 Å². The number of aryl methyl sites for hydroxylation is 2. The number of ether oxygens (including phenoxy) is 2. The van der Waals surface area contributed by atoms with Crippen LogP contribution >= 0.6 is 0 Å². The van der Waals surface area contributed by atoms with Crippen LogP contribution in [-0.4, -0.2) is 49.6 Å². The molecule has 0 radical (unpaired) electrons. The summed E-state index contributed by atoms with van der Waals surface area (Å²) in [7, 11) is 4.64. The van der Waals surface area contributed by atoms with E-state index in [1.807, 2.05) is 19.9 Å². The first-order valence-electron chi connectivity index (χ1n) is 8.72. The Hall–Kier alpha value is -3.29. The van der Waals surface area contributed by atoms with Crippen molar-refractivity contribution in [1.82, 2.24) is 15.4 Å². The fraction of sp³-hybridized carbons (Fsp3) is 0.350. The average Bonchev–Trinajstić information content (AvgIpc) is 3.01. The zero-order chi connectivity index (χ0) is 20.7. The minimum absolute atomic E-state index is 0.00251. The number of hydrogen-bond acceptors (Lipinski definition) is 6. The van der Waals surface area contributed by atoms with Gasteiger partial charge in [0, 0.05) is 20.2 Å². The van der Waals surface area contributed by atoms with Crippen molar-refractivity contribution in [3.63, 3.8) is 0 Å². The standard InChI is InChI=1S/C20H25N3O5/c1-13-16(14(2)28-22-13)12-27-17-8-6-15(10-18(17)26-5)7-9-20(25)23(4)11-19(24)21-3/h6-10H,11-12H2,1-5H3,(H,21,24)/b9-7+. The Balaban J connectivity index is 2.05. The molecule has 0 aliphatic carbocycles. The molecule has 1 heterocycles. The number of hydrogen-bond donors (Lipinski definition) is 1. The molecule has 2 amide bonds. The molecule has 0 saturated carbocycles. The molecule has 2 rings (SSSR count). The predicted octanol–water partition coefficient (Wildman–Crippen LogP) is 2.10. The molecule has 0 atom stereocenters. The Bertz CT molecular complexity index is 853. The van der Waals surface area contributed by atoms with Crippen LogP contribution in [0, 0.1) is 13.8 Å². The third-order valence-electron chi connectivity index (χ3n) is 4.20. The van der Waals surface area contributed by atoms with E-state index >= 15 is 0 Å². The number of nitrogens with one attached hydrogen (secondary N) is 1. The molecule has 2 aromatic rings. The molecule has 8 heteroatoms. The van der Waals surface area contributed by atoms with Gasteiger partial charge >= 0.3 is 0 Å². The van der Waals surface area contributed by atoms with Crippen molar-refractivity contribution in [2.75, 3.05) is 27.7 Å². The van der Waals surface area contributed by atoms with Crippen molar-refractivity contribution in [3.8, 4) is 11.5 Å². The number of methoxy groups -OCH3 is 1. The largest absolute Gasteiger partial charge is 0.493 e. The fourth-order valence-corrected chi connectivity index (χ4v) is 2.43. The smallest absolute Gasteiger partial charge is 0.246 e. The van der Waals surface area contributed by atoms with E-state index < -0.39 is 0 Å². The predicted molar refractivity (Wildman–Crippen MR) is 104 cm³/mol. The van der Waals surface area contributed by atoms with Crippen molar-refractivity contribution < 1.29 is 23.6 Å². The lowest BCUT2D eigenvalue weighted by molar-refractivity contribution is -0.130. The SMILES string of the molecule is CNC(=O)CN(C)C(=O)/C=C/c1ccc(OCc2c(C)noc2C)c(OC)c1. The number of benzene rings is 1. The van der Waals surface area contributed by atoms with Crippen LogP contribution in [0.25, 0.3) is 6.08 Å². The molecule has 0 bridgehead atoms. The van der Waals surface area contributed by atoms with Gasteiger partial charge in [-0.2, -0.15) is 0 Å². The minimum atomic E-state index is -0.277. The maximum absolute atomic E-state index is 12.1. The number of aromatic nitrogens is 1. The zero-order valence-corrected chi connectivity index (χ0v) is 16.7. The fourth-order valence-electron chi connectivity index (χ4n) is 2.43. The highest BCUT2D eigenvalue weighted by molar-refractivity contribution is 5.94. The summed E-state index contributed by atoms with van der Waals surface area (Å²) in [6.07, 6.45) is 3.06. The minimum Gasteiger partial charge on any atom is -0.493 e. The van der Waals surface area contributed by atoms with Crippen molar-refractivity contribution in [3.05, 3.63) is 46.9 Å². The van der Waals surface area contributed by atoms with E-state index in [1.165, 1.54) is 18.0 Å². The van der Waals surface area contributed by atoms with Gasteiger partial charge in [0.2, 0.25) is 11.8 Å². The molecule has 0 aliphatic rings. The number of likely N-dealkylation sites (N-methyl/N-ethyl adjacent to an activating group) is 2. The van der Waals surface area contributed by atoms with E-state index in [0.717, 1.165) is 22.6 Å². The van der Waals surface area contributed by atoms with Gasteiger partial charge in [-0.3, -0.25) is 9.59 Å². The van der Waals surface area contributed by atoms with E-state index in [2.05, 4.69) is 10.5 Å². The summed E-state index contributed by atoms with van der Waals surface area (Å²) in [6, 6.07) is 5.36. The molecule has 28 heavy (non-hydrogen) atoms. The lowest BCUT2D eigenvalue weighted by atomic mass is 10.1. The molecule has 0 spiro atoms. The summed E-state index contributed by atoms with van der Waals surface area (Å²) in [5.41, 5.74) is 2.45.